The number of nitrogens with zero attached hydrogens (tertiary/aromatic N) is 3. The fourth-order valence-electron chi connectivity index (χ4n) is 1.55. The largest absolute Gasteiger partial charge is 0.378 e. The summed E-state index contributed by atoms with van der Waals surface area (Å²) in [6.07, 6.45) is 1.72. The smallest absolute Gasteiger partial charge is 0.181 e. The Bertz CT molecular complexity index is 594. The second-order valence-corrected chi connectivity index (χ2v) is 5.61. The summed E-state index contributed by atoms with van der Waals surface area (Å²) in [4.78, 5) is 13.3. The third kappa shape index (κ3) is 3.21. The van der Waals surface area contributed by atoms with Gasteiger partial charge in [0.2, 0.25) is 0 Å². The van der Waals surface area contributed by atoms with Gasteiger partial charge >= 0.3 is 0 Å². The molecule has 2 aromatic rings. The number of pyridine rings is 1. The van der Waals surface area contributed by atoms with Crippen LogP contribution in [-0.2, 0) is 11.3 Å². The Kier molecular flexibility index (Phi) is 5.06. The van der Waals surface area contributed by atoms with Crippen LogP contribution in [0.5, 0.6) is 0 Å². The Morgan fingerprint density at radius 2 is 2.21 bits per heavy atom. The van der Waals surface area contributed by atoms with E-state index in [1.165, 1.54) is 0 Å². The minimum atomic E-state index is 0.437. The van der Waals surface area contributed by atoms with Crippen LogP contribution in [0.1, 0.15) is 5.69 Å². The molecule has 1 N–H and O–H groups in total. The summed E-state index contributed by atoms with van der Waals surface area (Å²) < 4.78 is 6.99. The van der Waals surface area contributed by atoms with Gasteiger partial charge in [-0.1, -0.05) is 0 Å². The van der Waals surface area contributed by atoms with Crippen LogP contribution >= 0.6 is 38.5 Å². The summed E-state index contributed by atoms with van der Waals surface area (Å²) in [5.74, 6) is 1.35. The molecular weight excluding hydrogens is 423 g/mol. The highest BCUT2D eigenvalue weighted by Gasteiger charge is 2.14. The second-order valence-electron chi connectivity index (χ2n) is 3.67. The summed E-state index contributed by atoms with van der Waals surface area (Å²) in [5, 5.41) is 3.07. The SMILES string of the molecule is CNc1nc(-c2ncccc2Br)nc(COC)c1I. The van der Waals surface area contributed by atoms with Crippen LogP contribution < -0.4 is 5.32 Å². The Morgan fingerprint density at radius 1 is 1.42 bits per heavy atom. The highest BCUT2D eigenvalue weighted by Crippen LogP contribution is 2.27. The lowest BCUT2D eigenvalue weighted by molar-refractivity contribution is 0.181. The van der Waals surface area contributed by atoms with E-state index in [2.05, 4.69) is 58.8 Å². The van der Waals surface area contributed by atoms with Crippen molar-refractivity contribution in [3.8, 4) is 11.5 Å². The van der Waals surface area contributed by atoms with Crippen LogP contribution in [0.3, 0.4) is 0 Å². The van der Waals surface area contributed by atoms with Gasteiger partial charge in [0.05, 0.1) is 15.9 Å². The molecule has 0 saturated heterocycles. The van der Waals surface area contributed by atoms with Gasteiger partial charge in [0.15, 0.2) is 5.82 Å². The lowest BCUT2D eigenvalue weighted by atomic mass is 10.3. The van der Waals surface area contributed by atoms with Gasteiger partial charge in [-0.2, -0.15) is 0 Å². The Labute approximate surface area is 133 Å². The molecule has 0 aromatic carbocycles. The monoisotopic (exact) mass is 434 g/mol. The third-order valence-corrected chi connectivity index (χ3v) is 4.18. The number of halogens is 2. The predicted octanol–water partition coefficient (Wildman–Crippen LogP) is 3.09. The van der Waals surface area contributed by atoms with Crippen molar-refractivity contribution in [1.29, 1.82) is 0 Å². The number of aromatic nitrogens is 3. The quantitative estimate of drug-likeness (QED) is 0.749. The minimum absolute atomic E-state index is 0.437. The van der Waals surface area contributed by atoms with Crippen molar-refractivity contribution in [2.24, 2.45) is 0 Å². The molecule has 0 aliphatic rings. The average molecular weight is 435 g/mol. The first-order valence-corrected chi connectivity index (χ1v) is 7.38. The Hall–Kier alpha value is -0.800. The van der Waals surface area contributed by atoms with Crippen LogP contribution in [0.4, 0.5) is 5.82 Å². The number of nitrogens with one attached hydrogen (secondary N) is 1. The van der Waals surface area contributed by atoms with Crippen LogP contribution in [0, 0.1) is 3.57 Å². The maximum atomic E-state index is 5.17. The summed E-state index contributed by atoms with van der Waals surface area (Å²) in [6, 6.07) is 3.77. The molecule has 0 aliphatic heterocycles. The molecule has 100 valence electrons. The highest BCUT2D eigenvalue weighted by atomic mass is 127. The average Bonchev–Trinajstić information content (AvgIpc) is 2.42. The first kappa shape index (κ1) is 14.6. The van der Waals surface area contributed by atoms with E-state index in [9.17, 15) is 0 Å². The molecule has 19 heavy (non-hydrogen) atoms. The maximum Gasteiger partial charge on any atom is 0.181 e. The molecule has 2 aromatic heterocycles. The van der Waals surface area contributed by atoms with Crippen molar-refractivity contribution in [3.63, 3.8) is 0 Å². The van der Waals surface area contributed by atoms with Crippen molar-refractivity contribution in [2.75, 3.05) is 19.5 Å². The molecule has 0 spiro atoms. The van der Waals surface area contributed by atoms with Gasteiger partial charge in [-0.3, -0.25) is 4.98 Å². The maximum absolute atomic E-state index is 5.17. The molecule has 5 nitrogen and oxygen atoms in total. The van der Waals surface area contributed by atoms with Gasteiger partial charge in [-0.15, -0.1) is 0 Å². The topological polar surface area (TPSA) is 59.9 Å². The van der Waals surface area contributed by atoms with Crippen molar-refractivity contribution >= 4 is 44.3 Å². The minimum Gasteiger partial charge on any atom is -0.378 e. The molecule has 2 heterocycles. The van der Waals surface area contributed by atoms with Crippen LogP contribution in [-0.4, -0.2) is 29.1 Å². The zero-order chi connectivity index (χ0) is 13.8. The summed E-state index contributed by atoms with van der Waals surface area (Å²) >= 11 is 5.67. The van der Waals surface area contributed by atoms with Crippen molar-refractivity contribution in [1.82, 2.24) is 15.0 Å². The predicted molar refractivity (Wildman–Crippen MR) is 85.9 cm³/mol. The fourth-order valence-corrected chi connectivity index (χ4v) is 2.65. The van der Waals surface area contributed by atoms with Crippen LogP contribution in [0.2, 0.25) is 0 Å². The van der Waals surface area contributed by atoms with E-state index in [-0.39, 0.29) is 0 Å². The standard InChI is InChI=1S/C12H12BrIN4O/c1-15-11-9(14)8(6-19-2)17-12(18-11)10-7(13)4-3-5-16-10/h3-5H,6H2,1-2H3,(H,15,17,18). The molecule has 0 aliphatic carbocycles. The summed E-state index contributed by atoms with van der Waals surface area (Å²) in [5.41, 5.74) is 1.56. The zero-order valence-corrected chi connectivity index (χ0v) is 14.2. The molecular formula is C12H12BrIN4O. The first-order valence-electron chi connectivity index (χ1n) is 5.51. The van der Waals surface area contributed by atoms with E-state index in [4.69, 9.17) is 4.74 Å². The van der Waals surface area contributed by atoms with Crippen LogP contribution in [0.15, 0.2) is 22.8 Å². The van der Waals surface area contributed by atoms with Crippen LogP contribution in [0.25, 0.3) is 11.5 Å². The molecule has 0 bridgehead atoms. The molecule has 0 atom stereocenters. The molecule has 2 rings (SSSR count). The second kappa shape index (κ2) is 6.58. The van der Waals surface area contributed by atoms with E-state index in [0.717, 1.165) is 19.6 Å². The zero-order valence-electron chi connectivity index (χ0n) is 10.4. The van der Waals surface area contributed by atoms with Gasteiger partial charge in [-0.25, -0.2) is 9.97 Å². The van der Waals surface area contributed by atoms with Crippen molar-refractivity contribution in [3.05, 3.63) is 32.1 Å². The molecule has 0 fully saturated rings. The first-order chi connectivity index (χ1) is 9.17. The number of methoxy groups -OCH3 is 1. The van der Waals surface area contributed by atoms with Gasteiger partial charge < -0.3 is 10.1 Å². The van der Waals surface area contributed by atoms with Gasteiger partial charge in [0.25, 0.3) is 0 Å². The number of ether oxygens (including phenoxy) is 1. The van der Waals surface area contributed by atoms with E-state index >= 15 is 0 Å². The third-order valence-electron chi connectivity index (χ3n) is 2.41. The van der Waals surface area contributed by atoms with Crippen molar-refractivity contribution < 1.29 is 4.74 Å². The van der Waals surface area contributed by atoms with Gasteiger partial charge in [0.1, 0.15) is 11.5 Å². The van der Waals surface area contributed by atoms with E-state index in [1.54, 1.807) is 13.3 Å². The molecule has 7 heteroatoms. The van der Waals surface area contributed by atoms with Crippen molar-refractivity contribution in [2.45, 2.75) is 6.61 Å². The number of anilines is 1. The van der Waals surface area contributed by atoms with E-state index in [1.807, 2.05) is 19.2 Å². The normalized spacial score (nSPS) is 10.5. The number of hydrogen-bond acceptors (Lipinski definition) is 5. The molecule has 0 amide bonds. The Balaban J connectivity index is 2.58. The summed E-state index contributed by atoms with van der Waals surface area (Å²) in [6.45, 7) is 0.437. The number of hydrogen-bond donors (Lipinski definition) is 1. The lowest BCUT2D eigenvalue weighted by Crippen LogP contribution is -2.07. The lowest BCUT2D eigenvalue weighted by Gasteiger charge is -2.11. The Morgan fingerprint density at radius 3 is 2.84 bits per heavy atom. The van der Waals surface area contributed by atoms with Gasteiger partial charge in [0, 0.05) is 24.8 Å². The number of rotatable bonds is 4. The van der Waals surface area contributed by atoms with E-state index < -0.39 is 0 Å². The van der Waals surface area contributed by atoms with E-state index in [0.29, 0.717) is 18.1 Å². The highest BCUT2D eigenvalue weighted by molar-refractivity contribution is 14.1. The molecule has 0 unspecified atom stereocenters. The fraction of sp³-hybridized carbons (Fsp3) is 0.250. The summed E-state index contributed by atoms with van der Waals surface area (Å²) in [7, 11) is 3.48. The molecule has 0 radical (unpaired) electrons. The molecule has 0 saturated carbocycles. The van der Waals surface area contributed by atoms with Gasteiger partial charge in [-0.05, 0) is 50.7 Å².